The smallest absolute Gasteiger partial charge is 0.333 e. The lowest BCUT2D eigenvalue weighted by atomic mass is 9.73. The first-order chi connectivity index (χ1) is 16.0. The highest BCUT2D eigenvalue weighted by molar-refractivity contribution is 5.90. The van der Waals surface area contributed by atoms with E-state index in [9.17, 15) is 14.4 Å². The first kappa shape index (κ1) is 30.4. The molecular weight excluding hydrogens is 440 g/mol. The summed E-state index contributed by atoms with van der Waals surface area (Å²) in [5, 5.41) is 3.06. The second-order valence-electron chi connectivity index (χ2n) is 11.4. The zero-order valence-corrected chi connectivity index (χ0v) is 23.6. The monoisotopic (exact) mass is 486 g/mol. The van der Waals surface area contributed by atoms with E-state index in [1.165, 1.54) is 0 Å². The lowest BCUT2D eigenvalue weighted by Gasteiger charge is -2.39. The average molecular weight is 487 g/mol. The first-order valence-corrected chi connectivity index (χ1v) is 12.5. The number of rotatable bonds is 10. The van der Waals surface area contributed by atoms with Gasteiger partial charge in [-0.1, -0.05) is 91.8 Å². The van der Waals surface area contributed by atoms with Crippen molar-refractivity contribution in [1.29, 1.82) is 0 Å². The van der Waals surface area contributed by atoms with Crippen LogP contribution in [0.15, 0.2) is 42.0 Å². The lowest BCUT2D eigenvalue weighted by molar-refractivity contribution is -0.141. The lowest BCUT2D eigenvalue weighted by Crippen LogP contribution is -2.58. The molecule has 1 N–H and O–H groups in total. The van der Waals surface area contributed by atoms with E-state index in [2.05, 4.69) is 5.32 Å². The van der Waals surface area contributed by atoms with Gasteiger partial charge in [-0.05, 0) is 30.7 Å². The van der Waals surface area contributed by atoms with Gasteiger partial charge in [0.1, 0.15) is 6.04 Å². The van der Waals surface area contributed by atoms with Crippen molar-refractivity contribution >= 4 is 17.8 Å². The summed E-state index contributed by atoms with van der Waals surface area (Å²) in [6.45, 7) is 19.6. The minimum Gasteiger partial charge on any atom is -0.463 e. The fraction of sp³-hybridized carbons (Fsp3) is 0.621. The van der Waals surface area contributed by atoms with Crippen LogP contribution in [0.3, 0.4) is 0 Å². The Hall–Kier alpha value is -2.63. The predicted molar refractivity (Wildman–Crippen MR) is 142 cm³/mol. The number of carbonyl (C=O) groups excluding carboxylic acids is 3. The molecule has 0 fully saturated rings. The van der Waals surface area contributed by atoms with Crippen LogP contribution in [0, 0.1) is 17.3 Å². The largest absolute Gasteiger partial charge is 0.463 e. The van der Waals surface area contributed by atoms with E-state index < -0.39 is 22.8 Å². The van der Waals surface area contributed by atoms with Crippen LogP contribution < -0.4 is 5.32 Å². The summed E-state index contributed by atoms with van der Waals surface area (Å²) < 4.78 is 5.11. The predicted octanol–water partition coefficient (Wildman–Crippen LogP) is 5.12. The van der Waals surface area contributed by atoms with Gasteiger partial charge in [0, 0.05) is 24.0 Å². The highest BCUT2D eigenvalue weighted by Crippen LogP contribution is 2.32. The quantitative estimate of drug-likeness (QED) is 0.368. The van der Waals surface area contributed by atoms with Crippen LogP contribution in [0.1, 0.15) is 74.8 Å². The van der Waals surface area contributed by atoms with E-state index in [1.54, 1.807) is 31.9 Å². The molecule has 0 saturated carbocycles. The van der Waals surface area contributed by atoms with Crippen LogP contribution in [-0.2, 0) is 24.5 Å². The van der Waals surface area contributed by atoms with Crippen LogP contribution in [0.5, 0.6) is 0 Å². The second-order valence-corrected chi connectivity index (χ2v) is 11.4. The molecule has 35 heavy (non-hydrogen) atoms. The van der Waals surface area contributed by atoms with Crippen LogP contribution in [0.25, 0.3) is 0 Å². The Kier molecular flexibility index (Phi) is 10.7. The van der Waals surface area contributed by atoms with Gasteiger partial charge in [0.25, 0.3) is 0 Å². The normalized spacial score (nSPS) is 15.3. The minimum atomic E-state index is -0.730. The summed E-state index contributed by atoms with van der Waals surface area (Å²) in [6, 6.07) is 8.88. The molecule has 0 heterocycles. The minimum absolute atomic E-state index is 0.0561. The molecule has 6 heteroatoms. The standard InChI is InChI=1S/C29H46N2O4/c1-12-35-27(34)20(4)18-23(19(2)3)31(11)26(33)24(28(6,7)8)30-25(32)21(5)29(9,10)22-16-14-13-15-17-22/h13-19,21,23-24H,12H2,1-11H3,(H,30,32)/b20-18+/t21-,23-,24-/m1/s1. The molecular formula is C29H46N2O4. The van der Waals surface area contributed by atoms with Crippen LogP contribution >= 0.6 is 0 Å². The number of benzene rings is 1. The van der Waals surface area contributed by atoms with E-state index in [-0.39, 0.29) is 29.7 Å². The second kappa shape index (κ2) is 12.4. The molecule has 0 aliphatic carbocycles. The van der Waals surface area contributed by atoms with Crippen molar-refractivity contribution in [3.63, 3.8) is 0 Å². The van der Waals surface area contributed by atoms with Gasteiger partial charge in [0.15, 0.2) is 0 Å². The number of nitrogens with zero attached hydrogens (tertiary/aromatic N) is 1. The molecule has 1 aromatic rings. The number of nitrogens with one attached hydrogen (secondary N) is 1. The molecule has 3 atom stereocenters. The molecule has 1 rings (SSSR count). The molecule has 0 aromatic heterocycles. The number of hydrogen-bond donors (Lipinski definition) is 1. The molecule has 0 unspecified atom stereocenters. The molecule has 2 amide bonds. The van der Waals surface area contributed by atoms with Gasteiger partial charge in [-0.25, -0.2) is 4.79 Å². The third-order valence-corrected chi connectivity index (χ3v) is 6.89. The summed E-state index contributed by atoms with van der Waals surface area (Å²) in [7, 11) is 1.73. The molecule has 0 spiro atoms. The number of ether oxygens (including phenoxy) is 1. The van der Waals surface area contributed by atoms with Crippen molar-refractivity contribution in [3.8, 4) is 0 Å². The highest BCUT2D eigenvalue weighted by Gasteiger charge is 2.40. The third kappa shape index (κ3) is 7.94. The number of hydrogen-bond acceptors (Lipinski definition) is 4. The van der Waals surface area contributed by atoms with Crippen molar-refractivity contribution in [3.05, 3.63) is 47.5 Å². The van der Waals surface area contributed by atoms with Gasteiger partial charge >= 0.3 is 5.97 Å². The third-order valence-electron chi connectivity index (χ3n) is 6.89. The molecule has 6 nitrogen and oxygen atoms in total. The zero-order valence-electron chi connectivity index (χ0n) is 23.6. The maximum Gasteiger partial charge on any atom is 0.333 e. The van der Waals surface area contributed by atoms with Crippen molar-refractivity contribution < 1.29 is 19.1 Å². The van der Waals surface area contributed by atoms with E-state index in [0.29, 0.717) is 12.2 Å². The Morgan fingerprint density at radius 1 is 1.03 bits per heavy atom. The number of esters is 1. The Labute approximate surface area is 212 Å². The molecule has 0 bridgehead atoms. The van der Waals surface area contributed by atoms with Gasteiger partial charge in [-0.15, -0.1) is 0 Å². The average Bonchev–Trinajstić information content (AvgIpc) is 2.78. The fourth-order valence-electron chi connectivity index (χ4n) is 4.03. The van der Waals surface area contributed by atoms with E-state index >= 15 is 0 Å². The number of likely N-dealkylation sites (N-methyl/N-ethyl adjacent to an activating group) is 1. The Morgan fingerprint density at radius 2 is 1.57 bits per heavy atom. The van der Waals surface area contributed by atoms with Crippen molar-refractivity contribution in [2.45, 2.75) is 86.7 Å². The van der Waals surface area contributed by atoms with Crippen molar-refractivity contribution in [1.82, 2.24) is 10.2 Å². The number of carbonyl (C=O) groups is 3. The maximum absolute atomic E-state index is 13.8. The molecule has 0 aliphatic rings. The van der Waals surface area contributed by atoms with Gasteiger partial charge in [0.05, 0.1) is 12.6 Å². The molecule has 0 saturated heterocycles. The zero-order chi connectivity index (χ0) is 27.1. The fourth-order valence-corrected chi connectivity index (χ4v) is 4.03. The highest BCUT2D eigenvalue weighted by atomic mass is 16.5. The van der Waals surface area contributed by atoms with E-state index in [0.717, 1.165) is 5.56 Å². The number of amides is 2. The summed E-state index contributed by atoms with van der Waals surface area (Å²) >= 11 is 0. The SMILES string of the molecule is CCOC(=O)/C(C)=C/[C@H](C(C)C)N(C)C(=O)[C@@H](NC(=O)[C@@H](C)C(C)(C)c1ccccc1)C(C)(C)C. The van der Waals surface area contributed by atoms with Crippen LogP contribution in [0.2, 0.25) is 0 Å². The summed E-state index contributed by atoms with van der Waals surface area (Å²) in [4.78, 5) is 41.0. The molecule has 196 valence electrons. The van der Waals surface area contributed by atoms with Crippen molar-refractivity contribution in [2.24, 2.45) is 17.3 Å². The summed E-state index contributed by atoms with van der Waals surface area (Å²) in [6.07, 6.45) is 1.78. The van der Waals surface area contributed by atoms with Crippen LogP contribution in [0.4, 0.5) is 0 Å². The Morgan fingerprint density at radius 3 is 2.03 bits per heavy atom. The summed E-state index contributed by atoms with van der Waals surface area (Å²) in [5.41, 5.74) is 0.597. The van der Waals surface area contributed by atoms with Crippen molar-refractivity contribution in [2.75, 3.05) is 13.7 Å². The molecule has 0 radical (unpaired) electrons. The topological polar surface area (TPSA) is 75.7 Å². The van der Waals surface area contributed by atoms with Gasteiger partial charge in [-0.2, -0.15) is 0 Å². The Balaban J connectivity index is 3.22. The Bertz CT molecular complexity index is 897. The van der Waals surface area contributed by atoms with Crippen LogP contribution in [-0.4, -0.2) is 48.4 Å². The summed E-state index contributed by atoms with van der Waals surface area (Å²) in [5.74, 6) is -1.06. The van der Waals surface area contributed by atoms with Gasteiger partial charge in [-0.3, -0.25) is 9.59 Å². The molecule has 1 aromatic carbocycles. The van der Waals surface area contributed by atoms with E-state index in [4.69, 9.17) is 4.74 Å². The van der Waals surface area contributed by atoms with Gasteiger partial charge in [0.2, 0.25) is 11.8 Å². The van der Waals surface area contributed by atoms with Gasteiger partial charge < -0.3 is 15.0 Å². The van der Waals surface area contributed by atoms with E-state index in [1.807, 2.05) is 85.7 Å². The first-order valence-electron chi connectivity index (χ1n) is 12.5. The molecule has 0 aliphatic heterocycles. The maximum atomic E-state index is 13.8.